The van der Waals surface area contributed by atoms with Gasteiger partial charge in [0.1, 0.15) is 5.58 Å². The number of halogens is 1. The molecule has 2 fully saturated rings. The molecular formula is C37H50ClN3O5. The first kappa shape index (κ1) is 36.8. The molecule has 0 unspecified atom stereocenters. The zero-order chi connectivity index (χ0) is 33.9. The summed E-state index contributed by atoms with van der Waals surface area (Å²) in [6.45, 7) is 12.7. The molecule has 0 spiro atoms. The van der Waals surface area contributed by atoms with Crippen LogP contribution in [-0.2, 0) is 9.59 Å². The second-order valence-electron chi connectivity index (χ2n) is 12.5. The highest BCUT2D eigenvalue weighted by atomic mass is 35.5. The molecule has 2 aromatic carbocycles. The van der Waals surface area contributed by atoms with Gasteiger partial charge in [-0.05, 0) is 83.6 Å². The van der Waals surface area contributed by atoms with Crippen LogP contribution in [-0.4, -0.2) is 48.3 Å². The summed E-state index contributed by atoms with van der Waals surface area (Å²) in [6.07, 6.45) is 6.92. The minimum atomic E-state index is -0.604. The number of hydrogen-bond acceptors (Lipinski definition) is 5. The van der Waals surface area contributed by atoms with E-state index in [1.807, 2.05) is 71.9 Å². The predicted octanol–water partition coefficient (Wildman–Crippen LogP) is 7.22. The van der Waals surface area contributed by atoms with Gasteiger partial charge in [0.15, 0.2) is 11.2 Å². The molecule has 1 saturated heterocycles. The molecule has 0 bridgehead atoms. The van der Waals surface area contributed by atoms with Crippen molar-refractivity contribution in [3.63, 3.8) is 0 Å². The molecule has 3 aromatic rings. The first-order chi connectivity index (χ1) is 22.0. The van der Waals surface area contributed by atoms with Crippen molar-refractivity contribution in [3.8, 4) is 0 Å². The van der Waals surface area contributed by atoms with Crippen LogP contribution in [0.1, 0.15) is 94.3 Å². The number of aryl methyl sites for hydroxylation is 2. The van der Waals surface area contributed by atoms with Crippen LogP contribution >= 0.6 is 11.6 Å². The van der Waals surface area contributed by atoms with Gasteiger partial charge in [-0.3, -0.25) is 19.2 Å². The van der Waals surface area contributed by atoms with Crippen molar-refractivity contribution in [3.05, 3.63) is 80.7 Å². The Morgan fingerprint density at radius 3 is 2.13 bits per heavy atom. The van der Waals surface area contributed by atoms with Crippen molar-refractivity contribution >= 4 is 40.3 Å². The van der Waals surface area contributed by atoms with Gasteiger partial charge in [0.05, 0.1) is 17.3 Å². The first-order valence-corrected chi connectivity index (χ1v) is 17.0. The fourth-order valence-corrected chi connectivity index (χ4v) is 6.43. The summed E-state index contributed by atoms with van der Waals surface area (Å²) in [5, 5.41) is 6.95. The van der Waals surface area contributed by atoms with E-state index in [4.69, 9.17) is 16.0 Å². The van der Waals surface area contributed by atoms with Gasteiger partial charge in [-0.25, -0.2) is 0 Å². The van der Waals surface area contributed by atoms with E-state index in [0.717, 1.165) is 42.3 Å². The van der Waals surface area contributed by atoms with Crippen molar-refractivity contribution in [2.45, 2.75) is 92.5 Å². The monoisotopic (exact) mass is 651 g/mol. The Balaban J connectivity index is 0.000000496. The number of nitrogens with zero attached hydrogens (tertiary/aromatic N) is 1. The van der Waals surface area contributed by atoms with E-state index in [0.29, 0.717) is 42.8 Å². The van der Waals surface area contributed by atoms with Crippen LogP contribution in [0.5, 0.6) is 0 Å². The molecule has 0 atom stereocenters. The van der Waals surface area contributed by atoms with Crippen molar-refractivity contribution in [2.24, 2.45) is 11.3 Å². The molecule has 2 aliphatic rings. The van der Waals surface area contributed by atoms with Gasteiger partial charge >= 0.3 is 0 Å². The lowest BCUT2D eigenvalue weighted by atomic mass is 9.63. The Hall–Kier alpha value is -3.65. The lowest BCUT2D eigenvalue weighted by molar-refractivity contribution is -0.145. The van der Waals surface area contributed by atoms with Crippen LogP contribution in [0, 0.1) is 25.2 Å². The molecule has 46 heavy (non-hydrogen) atoms. The third kappa shape index (κ3) is 9.68. The molecule has 250 valence electrons. The van der Waals surface area contributed by atoms with E-state index >= 15 is 0 Å². The number of rotatable bonds is 6. The minimum Gasteiger partial charge on any atom is -0.451 e. The number of hydrogen-bond donors (Lipinski definition) is 2. The number of likely N-dealkylation sites (tertiary alicyclic amines) is 1. The van der Waals surface area contributed by atoms with Crippen LogP contribution in [0.15, 0.2) is 57.7 Å². The molecule has 1 aliphatic heterocycles. The van der Waals surface area contributed by atoms with Gasteiger partial charge in [-0.2, -0.15) is 0 Å². The number of fused-ring (bicyclic) bond motifs is 1. The van der Waals surface area contributed by atoms with E-state index in [9.17, 15) is 19.2 Å². The second-order valence-corrected chi connectivity index (χ2v) is 12.9. The summed E-state index contributed by atoms with van der Waals surface area (Å²) >= 11 is 5.61. The third-order valence-electron chi connectivity index (χ3n) is 8.78. The molecule has 5 rings (SSSR count). The molecular weight excluding hydrogens is 602 g/mol. The van der Waals surface area contributed by atoms with Crippen LogP contribution in [0.25, 0.3) is 11.0 Å². The van der Waals surface area contributed by atoms with Gasteiger partial charge in [0, 0.05) is 30.2 Å². The van der Waals surface area contributed by atoms with E-state index in [-0.39, 0.29) is 35.6 Å². The molecule has 1 saturated carbocycles. The average Bonchev–Trinajstić information content (AvgIpc) is 3.06. The van der Waals surface area contributed by atoms with Crippen LogP contribution in [0.2, 0.25) is 5.02 Å². The Morgan fingerprint density at radius 1 is 0.935 bits per heavy atom. The normalized spacial score (nSPS) is 16.0. The van der Waals surface area contributed by atoms with Crippen LogP contribution in [0.4, 0.5) is 0 Å². The number of nitrogens with one attached hydrogen (secondary N) is 2. The third-order valence-corrected chi connectivity index (χ3v) is 9.04. The summed E-state index contributed by atoms with van der Waals surface area (Å²) < 4.78 is 5.61. The molecule has 1 aromatic heterocycles. The first-order valence-electron chi connectivity index (χ1n) is 16.6. The molecule has 2 heterocycles. The Kier molecular flexibility index (Phi) is 13.9. The maximum Gasteiger partial charge on any atom is 0.287 e. The summed E-state index contributed by atoms with van der Waals surface area (Å²) in [7, 11) is 0. The lowest BCUT2D eigenvalue weighted by Crippen LogP contribution is -2.55. The molecule has 9 heteroatoms. The van der Waals surface area contributed by atoms with Gasteiger partial charge in [-0.15, -0.1) is 0 Å². The number of carbonyl (C=O) groups is 3. The van der Waals surface area contributed by atoms with Crippen molar-refractivity contribution < 1.29 is 18.8 Å². The fraction of sp³-hybridized carbons (Fsp3) is 0.514. The minimum absolute atomic E-state index is 0.0759. The number of amides is 3. The standard InChI is InChI=1S/C28H37N3O5.C7H7Cl.C2H6/c1-18(2)30-27(35)28(20-7-5-4-6-8-20)11-13-31(14-12-28)25(33)17-29-26(34)24-16-22(32)21-15-19(3)9-10-23(21)36-24;1-6-2-4-7(8)5-3-6;1-2/h9-10,15-16,18,20H,4-8,11-14,17H2,1-3H3,(H,29,34)(H,30,35);2-5H,1H3;1-2H3. The average molecular weight is 652 g/mol. The molecule has 1 aliphatic carbocycles. The summed E-state index contributed by atoms with van der Waals surface area (Å²) in [4.78, 5) is 53.0. The van der Waals surface area contributed by atoms with Gasteiger partial charge < -0.3 is 20.0 Å². The van der Waals surface area contributed by atoms with Crippen molar-refractivity contribution in [2.75, 3.05) is 19.6 Å². The highest BCUT2D eigenvalue weighted by molar-refractivity contribution is 6.30. The lowest BCUT2D eigenvalue weighted by Gasteiger charge is -2.47. The molecule has 8 nitrogen and oxygen atoms in total. The molecule has 3 amide bonds. The largest absolute Gasteiger partial charge is 0.451 e. The highest BCUT2D eigenvalue weighted by Gasteiger charge is 2.48. The zero-order valence-electron chi connectivity index (χ0n) is 28.2. The van der Waals surface area contributed by atoms with Gasteiger partial charge in [0.2, 0.25) is 11.8 Å². The summed E-state index contributed by atoms with van der Waals surface area (Å²) in [6, 6.07) is 14.2. The zero-order valence-corrected chi connectivity index (χ0v) is 29.0. The Labute approximate surface area is 278 Å². The maximum absolute atomic E-state index is 13.3. The Morgan fingerprint density at radius 2 is 1.54 bits per heavy atom. The predicted molar refractivity (Wildman–Crippen MR) is 185 cm³/mol. The molecule has 0 radical (unpaired) electrons. The topological polar surface area (TPSA) is 109 Å². The van der Waals surface area contributed by atoms with Gasteiger partial charge in [0.25, 0.3) is 5.91 Å². The molecule has 2 N–H and O–H groups in total. The summed E-state index contributed by atoms with van der Waals surface area (Å²) in [5.41, 5.74) is 1.77. The number of piperidine rings is 1. The van der Waals surface area contributed by atoms with Crippen molar-refractivity contribution in [1.82, 2.24) is 15.5 Å². The summed E-state index contributed by atoms with van der Waals surface area (Å²) in [5.74, 6) is -0.464. The van der Waals surface area contributed by atoms with Crippen LogP contribution < -0.4 is 16.1 Å². The fourth-order valence-electron chi connectivity index (χ4n) is 6.31. The van der Waals surface area contributed by atoms with E-state index in [1.165, 1.54) is 12.0 Å². The van der Waals surface area contributed by atoms with E-state index in [2.05, 4.69) is 10.6 Å². The van der Waals surface area contributed by atoms with Crippen molar-refractivity contribution in [1.29, 1.82) is 0 Å². The Bertz CT molecular complexity index is 1500. The number of benzene rings is 2. The maximum atomic E-state index is 13.3. The highest BCUT2D eigenvalue weighted by Crippen LogP contribution is 2.46. The van der Waals surface area contributed by atoms with Gasteiger partial charge in [-0.1, -0.05) is 74.0 Å². The number of carbonyl (C=O) groups excluding carboxylic acids is 3. The quantitative estimate of drug-likeness (QED) is 0.293. The smallest absolute Gasteiger partial charge is 0.287 e. The van der Waals surface area contributed by atoms with E-state index < -0.39 is 11.3 Å². The SMILES string of the molecule is CC.Cc1ccc(Cl)cc1.Cc1ccc2oc(C(=O)NCC(=O)N3CCC(C(=O)NC(C)C)(C4CCCCC4)CC3)cc(=O)c2c1. The second kappa shape index (κ2) is 17.3. The van der Waals surface area contributed by atoms with E-state index in [1.54, 1.807) is 17.0 Å². The van der Waals surface area contributed by atoms with Crippen LogP contribution in [0.3, 0.4) is 0 Å².